The molecule has 0 unspecified atom stereocenters. The lowest BCUT2D eigenvalue weighted by Crippen LogP contribution is -2.22. The van der Waals surface area contributed by atoms with Crippen LogP contribution in [-0.2, 0) is 20.7 Å². The van der Waals surface area contributed by atoms with Gasteiger partial charge in [0.1, 0.15) is 5.75 Å². The summed E-state index contributed by atoms with van der Waals surface area (Å²) in [4.78, 5) is 24.0. The van der Waals surface area contributed by atoms with E-state index >= 15 is 0 Å². The summed E-state index contributed by atoms with van der Waals surface area (Å²) in [5, 5.41) is 10.0. The summed E-state index contributed by atoms with van der Waals surface area (Å²) in [6, 6.07) is 14.6. The van der Waals surface area contributed by atoms with Crippen LogP contribution in [0.2, 0.25) is 0 Å². The van der Waals surface area contributed by atoms with Crippen LogP contribution in [-0.4, -0.2) is 35.8 Å². The zero-order chi connectivity index (χ0) is 19.9. The van der Waals surface area contributed by atoms with Crippen molar-refractivity contribution < 1.29 is 23.5 Å². The van der Waals surface area contributed by atoms with Gasteiger partial charge in [-0.05, 0) is 25.1 Å². The van der Waals surface area contributed by atoms with Crippen LogP contribution in [0.15, 0.2) is 52.9 Å². The number of rotatable bonds is 7. The van der Waals surface area contributed by atoms with Crippen molar-refractivity contribution in [2.24, 2.45) is 0 Å². The number of carbonyl (C=O) groups is 2. The molecule has 1 heterocycles. The maximum Gasteiger partial charge on any atom is 0.322 e. The van der Waals surface area contributed by atoms with E-state index in [2.05, 4.69) is 15.5 Å². The van der Waals surface area contributed by atoms with Gasteiger partial charge in [-0.2, -0.15) is 0 Å². The number of nitrogens with zero attached hydrogens (tertiary/aromatic N) is 2. The Labute approximate surface area is 161 Å². The van der Waals surface area contributed by atoms with Crippen LogP contribution in [0, 0.1) is 6.92 Å². The first-order chi connectivity index (χ1) is 13.5. The fourth-order valence-electron chi connectivity index (χ4n) is 2.52. The molecule has 3 rings (SSSR count). The Bertz CT molecular complexity index is 969. The molecule has 3 aromatic rings. The molecule has 1 amide bonds. The number of anilines is 1. The number of methoxy groups -OCH3 is 1. The normalized spacial score (nSPS) is 10.4. The maximum atomic E-state index is 12.0. The van der Waals surface area contributed by atoms with Crippen molar-refractivity contribution in [1.29, 1.82) is 0 Å². The first kappa shape index (κ1) is 19.1. The smallest absolute Gasteiger partial charge is 0.322 e. The van der Waals surface area contributed by atoms with E-state index in [1.165, 1.54) is 7.11 Å². The molecule has 0 aliphatic rings. The molecule has 1 aromatic heterocycles. The second-order valence-electron chi connectivity index (χ2n) is 5.98. The average Bonchev–Trinajstić information content (AvgIpc) is 3.16. The lowest BCUT2D eigenvalue weighted by Gasteiger charge is -2.09. The third-order valence-corrected chi connectivity index (χ3v) is 3.83. The Hall–Kier alpha value is -3.68. The zero-order valence-electron chi connectivity index (χ0n) is 15.5. The van der Waals surface area contributed by atoms with Crippen molar-refractivity contribution in [2.45, 2.75) is 13.3 Å². The number of benzene rings is 2. The first-order valence-corrected chi connectivity index (χ1v) is 8.53. The summed E-state index contributed by atoms with van der Waals surface area (Å²) < 4.78 is 15.6. The third kappa shape index (κ3) is 4.94. The summed E-state index contributed by atoms with van der Waals surface area (Å²) in [5.41, 5.74) is 2.42. The Morgan fingerprint density at radius 1 is 1.11 bits per heavy atom. The summed E-state index contributed by atoms with van der Waals surface area (Å²) >= 11 is 0. The molecule has 0 spiro atoms. The molecular weight excluding hydrogens is 362 g/mol. The van der Waals surface area contributed by atoms with Crippen LogP contribution >= 0.6 is 0 Å². The summed E-state index contributed by atoms with van der Waals surface area (Å²) in [6.45, 7) is 1.45. The number of amides is 1. The highest BCUT2D eigenvalue weighted by atomic mass is 16.5. The van der Waals surface area contributed by atoms with Gasteiger partial charge in [-0.3, -0.25) is 14.9 Å². The largest absolute Gasteiger partial charge is 0.496 e. The molecular formula is C20H19N3O5. The summed E-state index contributed by atoms with van der Waals surface area (Å²) in [6.07, 6.45) is -0.00313. The molecule has 0 aliphatic heterocycles. The monoisotopic (exact) mass is 381 g/mol. The van der Waals surface area contributed by atoms with Crippen molar-refractivity contribution in [3.8, 4) is 17.2 Å². The molecule has 0 fully saturated rings. The fraction of sp³-hybridized carbons (Fsp3) is 0.200. The molecule has 8 heteroatoms. The predicted octanol–water partition coefficient (Wildman–Crippen LogP) is 2.78. The van der Waals surface area contributed by atoms with Gasteiger partial charge in [0.05, 0.1) is 13.5 Å². The van der Waals surface area contributed by atoms with E-state index < -0.39 is 18.5 Å². The highest BCUT2D eigenvalue weighted by Crippen LogP contribution is 2.21. The van der Waals surface area contributed by atoms with Gasteiger partial charge in [0.15, 0.2) is 6.61 Å². The standard InChI is InChI=1S/C20H19N3O5/c1-13-8-9-16(26-2)15(10-13)11-18(25)27-12-17(24)21-20-23-22-19(28-20)14-6-4-3-5-7-14/h3-10H,11-12H2,1-2H3,(H,21,23,24). The van der Waals surface area contributed by atoms with Crippen molar-refractivity contribution in [3.63, 3.8) is 0 Å². The number of hydrogen-bond donors (Lipinski definition) is 1. The quantitative estimate of drug-likeness (QED) is 0.628. The van der Waals surface area contributed by atoms with Crippen molar-refractivity contribution in [2.75, 3.05) is 19.0 Å². The molecule has 0 radical (unpaired) electrons. The summed E-state index contributed by atoms with van der Waals surface area (Å²) in [7, 11) is 1.53. The van der Waals surface area contributed by atoms with Gasteiger partial charge in [-0.15, -0.1) is 5.10 Å². The Kier molecular flexibility index (Phi) is 6.01. The minimum atomic E-state index is -0.576. The summed E-state index contributed by atoms with van der Waals surface area (Å²) in [5.74, 6) is -0.256. The number of hydrogen-bond acceptors (Lipinski definition) is 7. The van der Waals surface area contributed by atoms with Crippen LogP contribution in [0.5, 0.6) is 5.75 Å². The molecule has 144 valence electrons. The molecule has 0 atom stereocenters. The van der Waals surface area contributed by atoms with Gasteiger partial charge < -0.3 is 13.9 Å². The average molecular weight is 381 g/mol. The second-order valence-corrected chi connectivity index (χ2v) is 5.98. The molecule has 0 saturated heterocycles. The number of carbonyl (C=O) groups excluding carboxylic acids is 2. The van der Waals surface area contributed by atoms with Gasteiger partial charge in [0.25, 0.3) is 5.91 Å². The van der Waals surface area contributed by atoms with Crippen molar-refractivity contribution in [3.05, 3.63) is 59.7 Å². The number of nitrogens with one attached hydrogen (secondary N) is 1. The predicted molar refractivity (Wildman–Crippen MR) is 101 cm³/mol. The molecule has 0 bridgehead atoms. The molecule has 28 heavy (non-hydrogen) atoms. The Morgan fingerprint density at radius 3 is 2.64 bits per heavy atom. The Balaban J connectivity index is 1.51. The topological polar surface area (TPSA) is 104 Å². The van der Waals surface area contributed by atoms with Crippen LogP contribution in [0.1, 0.15) is 11.1 Å². The van der Waals surface area contributed by atoms with E-state index in [0.29, 0.717) is 11.3 Å². The van der Waals surface area contributed by atoms with Crippen molar-refractivity contribution >= 4 is 17.9 Å². The molecule has 0 aliphatic carbocycles. The molecule has 1 N–H and O–H groups in total. The van der Waals surface area contributed by atoms with E-state index in [9.17, 15) is 9.59 Å². The molecule has 8 nitrogen and oxygen atoms in total. The zero-order valence-corrected chi connectivity index (χ0v) is 15.5. The minimum Gasteiger partial charge on any atom is -0.496 e. The minimum absolute atomic E-state index is 0.00313. The molecule has 0 saturated carbocycles. The highest BCUT2D eigenvalue weighted by Gasteiger charge is 2.15. The number of esters is 1. The van der Waals surface area contributed by atoms with Crippen LogP contribution in [0.3, 0.4) is 0 Å². The van der Waals surface area contributed by atoms with E-state index in [0.717, 1.165) is 11.1 Å². The van der Waals surface area contributed by atoms with E-state index in [1.54, 1.807) is 18.2 Å². The first-order valence-electron chi connectivity index (χ1n) is 8.53. The van der Waals surface area contributed by atoms with Gasteiger partial charge in [-0.25, -0.2) is 0 Å². The number of ether oxygens (including phenoxy) is 2. The van der Waals surface area contributed by atoms with Crippen LogP contribution in [0.4, 0.5) is 6.01 Å². The second kappa shape index (κ2) is 8.81. The van der Waals surface area contributed by atoms with Gasteiger partial charge in [0.2, 0.25) is 5.89 Å². The SMILES string of the molecule is COc1ccc(C)cc1CC(=O)OCC(=O)Nc1nnc(-c2ccccc2)o1. The highest BCUT2D eigenvalue weighted by molar-refractivity contribution is 5.91. The van der Waals surface area contributed by atoms with Crippen molar-refractivity contribution in [1.82, 2.24) is 10.2 Å². The van der Waals surface area contributed by atoms with Crippen LogP contribution in [0.25, 0.3) is 11.5 Å². The van der Waals surface area contributed by atoms with E-state index in [4.69, 9.17) is 13.9 Å². The third-order valence-electron chi connectivity index (χ3n) is 3.83. The van der Waals surface area contributed by atoms with E-state index in [-0.39, 0.29) is 18.3 Å². The van der Waals surface area contributed by atoms with Gasteiger partial charge in [0, 0.05) is 11.1 Å². The van der Waals surface area contributed by atoms with Gasteiger partial charge in [-0.1, -0.05) is 41.0 Å². The fourth-order valence-corrected chi connectivity index (χ4v) is 2.52. The van der Waals surface area contributed by atoms with Gasteiger partial charge >= 0.3 is 12.0 Å². The lowest BCUT2D eigenvalue weighted by molar-refractivity contribution is -0.146. The van der Waals surface area contributed by atoms with E-state index in [1.807, 2.05) is 37.3 Å². The lowest BCUT2D eigenvalue weighted by atomic mass is 10.1. The number of aromatic nitrogens is 2. The number of aryl methyl sites for hydroxylation is 1. The Morgan fingerprint density at radius 2 is 1.89 bits per heavy atom. The van der Waals surface area contributed by atoms with Crippen LogP contribution < -0.4 is 10.1 Å². The molecule has 2 aromatic carbocycles. The maximum absolute atomic E-state index is 12.0.